The lowest BCUT2D eigenvalue weighted by atomic mass is 9.83. The van der Waals surface area contributed by atoms with Crippen LogP contribution in [0.5, 0.6) is 0 Å². The van der Waals surface area contributed by atoms with Crippen LogP contribution in [-0.2, 0) is 5.41 Å². The van der Waals surface area contributed by atoms with Crippen molar-refractivity contribution in [2.75, 3.05) is 23.8 Å². The summed E-state index contributed by atoms with van der Waals surface area (Å²) < 4.78 is 0.634. The number of hydrogen-bond acceptors (Lipinski definition) is 8. The molecule has 0 aliphatic carbocycles. The number of anilines is 2. The fourth-order valence-corrected chi connectivity index (χ4v) is 5.77. The average molecular weight is 592 g/mol. The third-order valence-corrected chi connectivity index (χ3v) is 8.09. The van der Waals surface area contributed by atoms with E-state index in [0.29, 0.717) is 27.6 Å². The molecule has 1 amide bonds. The zero-order chi connectivity index (χ0) is 31.2. The summed E-state index contributed by atoms with van der Waals surface area (Å²) in [6.45, 7) is 13.7. The zero-order valence-electron chi connectivity index (χ0n) is 25.8. The highest BCUT2D eigenvalue weighted by molar-refractivity contribution is 7.71. The van der Waals surface area contributed by atoms with Crippen LogP contribution in [0.4, 0.5) is 11.6 Å². The fraction of sp³-hybridized carbons (Fsp3) is 0.469. The summed E-state index contributed by atoms with van der Waals surface area (Å²) in [7, 11) is 1.50. The van der Waals surface area contributed by atoms with Gasteiger partial charge in [-0.15, -0.1) is 0 Å². The van der Waals surface area contributed by atoms with Crippen molar-refractivity contribution in [2.45, 2.75) is 71.4 Å². The van der Waals surface area contributed by atoms with E-state index in [2.05, 4.69) is 67.5 Å². The highest BCUT2D eigenvalue weighted by Crippen LogP contribution is 2.43. The molecular weight excluding hydrogens is 546 g/mol. The minimum atomic E-state index is -0.471. The molecule has 1 aliphatic rings. The summed E-state index contributed by atoms with van der Waals surface area (Å²) in [5.74, 6) is 1.58. The molecule has 6 N–H and O–H groups in total. The Hall–Kier alpha value is -3.63. The van der Waals surface area contributed by atoms with E-state index in [1.165, 1.54) is 7.05 Å². The van der Waals surface area contributed by atoms with E-state index >= 15 is 0 Å². The summed E-state index contributed by atoms with van der Waals surface area (Å²) in [5, 5.41) is 3.57. The van der Waals surface area contributed by atoms with Crippen molar-refractivity contribution >= 4 is 36.0 Å². The Balaban J connectivity index is 0.00000237. The van der Waals surface area contributed by atoms with Gasteiger partial charge in [0.1, 0.15) is 22.0 Å². The molecule has 4 heterocycles. The maximum Gasteiger partial charge on any atom is 0.252 e. The third-order valence-electron chi connectivity index (χ3n) is 7.85. The topological polar surface area (TPSA) is 143 Å². The Morgan fingerprint density at radius 2 is 1.86 bits per heavy atom. The van der Waals surface area contributed by atoms with Gasteiger partial charge in [-0.2, -0.15) is 0 Å². The quantitative estimate of drug-likeness (QED) is 0.181. The Kier molecular flexibility index (Phi) is 10.6. The van der Waals surface area contributed by atoms with Gasteiger partial charge in [-0.05, 0) is 82.0 Å². The van der Waals surface area contributed by atoms with Gasteiger partial charge >= 0.3 is 0 Å². The predicted molar refractivity (Wildman–Crippen MR) is 172 cm³/mol. The number of nitrogens with one attached hydrogen (secondary N) is 2. The molecule has 3 atom stereocenters. The lowest BCUT2D eigenvalue weighted by Crippen LogP contribution is -2.40. The highest BCUT2D eigenvalue weighted by Gasteiger charge is 2.43. The SMILES string of the molecule is CC(CC(Nc1cccc(=S)[nH]1)c1cccc(C=O)n1)C1CN(c2nc(C(C)(C)C)ccc2C(N)=O)C(C)(C)C1.CN. The molecule has 0 aromatic carbocycles. The van der Waals surface area contributed by atoms with E-state index in [-0.39, 0.29) is 22.9 Å². The van der Waals surface area contributed by atoms with Crippen molar-refractivity contribution in [3.8, 4) is 0 Å². The van der Waals surface area contributed by atoms with Gasteiger partial charge < -0.3 is 26.7 Å². The van der Waals surface area contributed by atoms with Gasteiger partial charge in [0.05, 0.1) is 17.3 Å². The first-order valence-corrected chi connectivity index (χ1v) is 14.7. The number of nitrogens with two attached hydrogens (primary N) is 2. The maximum atomic E-state index is 12.4. The van der Waals surface area contributed by atoms with Crippen LogP contribution in [0.3, 0.4) is 0 Å². The molecule has 10 heteroatoms. The maximum absolute atomic E-state index is 12.4. The first-order valence-electron chi connectivity index (χ1n) is 14.3. The van der Waals surface area contributed by atoms with Crippen LogP contribution in [0.1, 0.15) is 92.7 Å². The highest BCUT2D eigenvalue weighted by atomic mass is 32.1. The standard InChI is InChI=1S/C31H40N6O2S.CH5N/c1-19(15-24(23-10-7-9-21(18-38)33-23)34-26-11-8-12-27(40)36-26)20-16-31(5,6)37(17-20)29-22(28(32)39)13-14-25(35-29)30(2,3)4;1-2/h7-14,18-20,24H,15-17H2,1-6H3,(H2,32,39)(H2,34,36,40);2H2,1H3. The van der Waals surface area contributed by atoms with E-state index < -0.39 is 5.91 Å². The van der Waals surface area contributed by atoms with Gasteiger partial charge in [-0.3, -0.25) is 9.59 Å². The number of nitrogens with zero attached hydrogens (tertiary/aromatic N) is 3. The summed E-state index contributed by atoms with van der Waals surface area (Å²) in [6.07, 6.45) is 2.47. The van der Waals surface area contributed by atoms with Gasteiger partial charge in [-0.25, -0.2) is 9.97 Å². The van der Waals surface area contributed by atoms with Crippen LogP contribution < -0.4 is 21.7 Å². The second-order valence-electron chi connectivity index (χ2n) is 12.5. The number of amides is 1. The van der Waals surface area contributed by atoms with Gasteiger partial charge in [0.2, 0.25) is 0 Å². The van der Waals surface area contributed by atoms with Crippen molar-refractivity contribution in [3.05, 3.63) is 75.8 Å². The molecule has 3 unspecified atom stereocenters. The number of rotatable bonds is 9. The normalized spacial score (nSPS) is 17.5. The van der Waals surface area contributed by atoms with Crippen LogP contribution in [0.2, 0.25) is 0 Å². The van der Waals surface area contributed by atoms with Crippen molar-refractivity contribution in [2.24, 2.45) is 23.3 Å². The minimum Gasteiger partial charge on any atom is -0.365 e. The molecule has 9 nitrogen and oxygen atoms in total. The second-order valence-corrected chi connectivity index (χ2v) is 13.0. The number of aromatic nitrogens is 3. The molecule has 0 spiro atoms. The fourth-order valence-electron chi connectivity index (χ4n) is 5.58. The van der Waals surface area contributed by atoms with Gasteiger partial charge in [0, 0.05) is 23.2 Å². The first kappa shape index (κ1) is 32.9. The lowest BCUT2D eigenvalue weighted by molar-refractivity contribution is 0.0999. The number of H-pyrrole nitrogens is 1. The first-order chi connectivity index (χ1) is 19.8. The van der Waals surface area contributed by atoms with Gasteiger partial charge in [-0.1, -0.05) is 52.0 Å². The molecule has 0 radical (unpaired) electrons. The summed E-state index contributed by atoms with van der Waals surface area (Å²) in [4.78, 5) is 38.9. The van der Waals surface area contributed by atoms with E-state index in [9.17, 15) is 9.59 Å². The Morgan fingerprint density at radius 3 is 2.48 bits per heavy atom. The van der Waals surface area contributed by atoms with Gasteiger partial charge in [0.15, 0.2) is 6.29 Å². The summed E-state index contributed by atoms with van der Waals surface area (Å²) in [6, 6.07) is 14.8. The number of aldehydes is 1. The third kappa shape index (κ3) is 7.80. The van der Waals surface area contributed by atoms with E-state index in [1.807, 2.05) is 42.5 Å². The zero-order valence-corrected chi connectivity index (χ0v) is 26.6. The second kappa shape index (κ2) is 13.6. The van der Waals surface area contributed by atoms with Crippen molar-refractivity contribution < 1.29 is 9.59 Å². The summed E-state index contributed by atoms with van der Waals surface area (Å²) in [5.41, 5.74) is 12.5. The van der Waals surface area contributed by atoms with E-state index in [1.54, 1.807) is 6.07 Å². The molecule has 42 heavy (non-hydrogen) atoms. The van der Waals surface area contributed by atoms with Crippen molar-refractivity contribution in [1.82, 2.24) is 15.0 Å². The van der Waals surface area contributed by atoms with Gasteiger partial charge in [0.25, 0.3) is 5.91 Å². The molecule has 3 aromatic heterocycles. The van der Waals surface area contributed by atoms with E-state index in [0.717, 1.165) is 42.9 Å². The molecular formula is C32H45N7O2S. The number of carbonyl (C=O) groups is 2. The largest absolute Gasteiger partial charge is 0.365 e. The Bertz CT molecular complexity index is 1450. The molecule has 1 fully saturated rings. The number of hydrogen-bond donors (Lipinski definition) is 4. The monoisotopic (exact) mass is 591 g/mol. The number of primary amides is 1. The van der Waals surface area contributed by atoms with Crippen LogP contribution >= 0.6 is 12.2 Å². The van der Waals surface area contributed by atoms with E-state index in [4.69, 9.17) is 22.9 Å². The molecule has 226 valence electrons. The minimum absolute atomic E-state index is 0.149. The number of pyridine rings is 3. The predicted octanol–water partition coefficient (Wildman–Crippen LogP) is 5.80. The van der Waals surface area contributed by atoms with Crippen molar-refractivity contribution in [1.29, 1.82) is 0 Å². The van der Waals surface area contributed by atoms with Crippen molar-refractivity contribution in [3.63, 3.8) is 0 Å². The molecule has 0 bridgehead atoms. The Morgan fingerprint density at radius 1 is 1.17 bits per heavy atom. The average Bonchev–Trinajstić information content (AvgIpc) is 3.27. The number of carbonyl (C=O) groups excluding carboxylic acids is 2. The van der Waals surface area contributed by atoms with Crippen LogP contribution in [0, 0.1) is 16.5 Å². The lowest BCUT2D eigenvalue weighted by Gasteiger charge is -2.34. The molecule has 1 aliphatic heterocycles. The molecule has 0 saturated carbocycles. The van der Waals surface area contributed by atoms with Crippen LogP contribution in [0.15, 0.2) is 48.5 Å². The number of aromatic amines is 1. The summed E-state index contributed by atoms with van der Waals surface area (Å²) >= 11 is 5.33. The molecule has 3 aromatic rings. The Labute approximate surface area is 254 Å². The molecule has 4 rings (SSSR count). The molecule has 1 saturated heterocycles. The van der Waals surface area contributed by atoms with Crippen LogP contribution in [-0.4, -0.2) is 46.3 Å². The van der Waals surface area contributed by atoms with Crippen LogP contribution in [0.25, 0.3) is 0 Å². The smallest absolute Gasteiger partial charge is 0.252 e.